The third-order valence-electron chi connectivity index (χ3n) is 6.61. The van der Waals surface area contributed by atoms with Crippen molar-refractivity contribution in [2.75, 3.05) is 62.8 Å². The van der Waals surface area contributed by atoms with Gasteiger partial charge in [-0.2, -0.15) is 0 Å². The van der Waals surface area contributed by atoms with Crippen LogP contribution in [0.4, 0.5) is 11.4 Å². The smallest absolute Gasteiger partial charge is 0.0841 e. The highest BCUT2D eigenvalue weighted by atomic mass is 15.6. The first-order chi connectivity index (χ1) is 13.3. The average molecular weight is 366 g/mol. The van der Waals surface area contributed by atoms with E-state index in [4.69, 9.17) is 0 Å². The molecule has 3 aliphatic heterocycles. The fourth-order valence-corrected chi connectivity index (χ4v) is 5.07. The minimum Gasteiger partial charge on any atom is -0.359 e. The number of hydrogen-bond donors (Lipinski definition) is 0. The van der Waals surface area contributed by atoms with Crippen LogP contribution >= 0.6 is 0 Å². The van der Waals surface area contributed by atoms with Gasteiger partial charge in [-0.3, -0.25) is 14.6 Å². The van der Waals surface area contributed by atoms with Gasteiger partial charge in [0, 0.05) is 46.0 Å². The summed E-state index contributed by atoms with van der Waals surface area (Å²) in [4.78, 5) is 7.97. The fourth-order valence-electron chi connectivity index (χ4n) is 5.07. The molecule has 5 heteroatoms. The normalized spacial score (nSPS) is 23.5. The Kier molecular flexibility index (Phi) is 4.58. The monoisotopic (exact) mass is 365 g/mol. The van der Waals surface area contributed by atoms with Gasteiger partial charge in [0.15, 0.2) is 0 Å². The molecule has 4 heterocycles. The number of hydrogen-bond acceptors (Lipinski definition) is 4. The second kappa shape index (κ2) is 7.21. The van der Waals surface area contributed by atoms with Gasteiger partial charge in [-0.1, -0.05) is 18.6 Å². The maximum absolute atomic E-state index is 2.68. The van der Waals surface area contributed by atoms with E-state index in [1.54, 1.807) is 0 Å². The molecule has 144 valence electrons. The number of benzene rings is 1. The topological polar surface area (TPSA) is 17.9 Å². The van der Waals surface area contributed by atoms with Crippen LogP contribution in [0.5, 0.6) is 0 Å². The molecule has 2 aromatic rings. The van der Waals surface area contributed by atoms with Crippen molar-refractivity contribution in [2.24, 2.45) is 0 Å². The summed E-state index contributed by atoms with van der Waals surface area (Å²) in [6, 6.07) is 13.7. The third-order valence-corrected chi connectivity index (χ3v) is 6.61. The summed E-state index contributed by atoms with van der Waals surface area (Å²) in [7, 11) is 2.18. The number of piperidine rings is 1. The van der Waals surface area contributed by atoms with Crippen LogP contribution in [0.25, 0.3) is 0 Å². The molecule has 2 fully saturated rings. The van der Waals surface area contributed by atoms with Gasteiger partial charge in [0.05, 0.1) is 23.1 Å². The molecule has 0 aliphatic carbocycles. The average Bonchev–Trinajstić information content (AvgIpc) is 3.19. The lowest BCUT2D eigenvalue weighted by Gasteiger charge is -2.42. The molecule has 1 atom stereocenters. The minimum absolute atomic E-state index is 0.418. The van der Waals surface area contributed by atoms with Gasteiger partial charge in [-0.25, -0.2) is 0 Å². The molecule has 1 aromatic carbocycles. The lowest BCUT2D eigenvalue weighted by molar-refractivity contribution is 0.163. The molecule has 1 aromatic heterocycles. The molecule has 3 aliphatic rings. The zero-order chi connectivity index (χ0) is 18.2. The van der Waals surface area contributed by atoms with Crippen molar-refractivity contribution in [1.82, 2.24) is 14.5 Å². The Balaban J connectivity index is 1.38. The maximum atomic E-state index is 2.68. The van der Waals surface area contributed by atoms with Gasteiger partial charge in [0.25, 0.3) is 0 Å². The van der Waals surface area contributed by atoms with Crippen molar-refractivity contribution in [3.8, 4) is 0 Å². The lowest BCUT2D eigenvalue weighted by Crippen LogP contribution is -2.50. The molecule has 0 N–H and O–H groups in total. The van der Waals surface area contributed by atoms with Crippen molar-refractivity contribution in [1.29, 1.82) is 0 Å². The van der Waals surface area contributed by atoms with E-state index >= 15 is 0 Å². The number of rotatable bonds is 3. The van der Waals surface area contributed by atoms with Crippen LogP contribution in [0.3, 0.4) is 0 Å². The number of fused-ring (bicyclic) bond motifs is 5. The summed E-state index contributed by atoms with van der Waals surface area (Å²) in [6.45, 7) is 8.38. The summed E-state index contributed by atoms with van der Waals surface area (Å²) in [5.74, 6) is 0. The molecule has 0 radical (unpaired) electrons. The Hall–Kier alpha value is -1.98. The number of anilines is 2. The van der Waals surface area contributed by atoms with Crippen LogP contribution in [-0.4, -0.2) is 67.3 Å². The highest BCUT2D eigenvalue weighted by molar-refractivity contribution is 5.73. The molecule has 1 unspecified atom stereocenters. The largest absolute Gasteiger partial charge is 0.359 e. The zero-order valence-electron chi connectivity index (χ0n) is 16.4. The predicted molar refractivity (Wildman–Crippen MR) is 111 cm³/mol. The predicted octanol–water partition coefficient (Wildman–Crippen LogP) is 3.05. The van der Waals surface area contributed by atoms with Crippen molar-refractivity contribution in [3.05, 3.63) is 48.3 Å². The maximum Gasteiger partial charge on any atom is 0.0841 e. The molecule has 0 bridgehead atoms. The lowest BCUT2D eigenvalue weighted by atomic mass is 10.1. The quantitative estimate of drug-likeness (QED) is 0.832. The molecule has 0 spiro atoms. The summed E-state index contributed by atoms with van der Waals surface area (Å²) < 4.78 is 2.33. The van der Waals surface area contributed by atoms with Gasteiger partial charge in [-0.05, 0) is 50.2 Å². The van der Waals surface area contributed by atoms with Gasteiger partial charge < -0.3 is 9.80 Å². The van der Waals surface area contributed by atoms with Gasteiger partial charge >= 0.3 is 0 Å². The van der Waals surface area contributed by atoms with Crippen molar-refractivity contribution < 1.29 is 0 Å². The Morgan fingerprint density at radius 1 is 0.815 bits per heavy atom. The molecule has 27 heavy (non-hydrogen) atoms. The van der Waals surface area contributed by atoms with E-state index in [1.807, 2.05) is 0 Å². The van der Waals surface area contributed by atoms with Crippen LogP contribution in [0.15, 0.2) is 42.6 Å². The summed E-state index contributed by atoms with van der Waals surface area (Å²) >= 11 is 0. The van der Waals surface area contributed by atoms with Crippen LogP contribution < -0.4 is 9.91 Å². The van der Waals surface area contributed by atoms with Crippen LogP contribution in [0.1, 0.15) is 31.0 Å². The fraction of sp³-hybridized carbons (Fsp3) is 0.545. The van der Waals surface area contributed by atoms with E-state index in [1.165, 1.54) is 62.5 Å². The van der Waals surface area contributed by atoms with E-state index in [9.17, 15) is 0 Å². The Morgan fingerprint density at radius 3 is 2.44 bits per heavy atom. The molecular formula is C22H31N5. The number of nitrogens with zero attached hydrogens (tertiary/aromatic N) is 5. The number of para-hydroxylation sites is 2. The minimum atomic E-state index is 0.418. The molecule has 5 nitrogen and oxygen atoms in total. The van der Waals surface area contributed by atoms with Crippen molar-refractivity contribution in [3.63, 3.8) is 0 Å². The standard InChI is InChI=1S/C22H31N5/c1-23-19-8-3-4-9-20(19)26-17-16-25(15-14-24-11-5-2-6-12-24)18-22(26)21-10-7-13-27(21)23/h3-4,7-10,13,22H,2,5-6,11-12,14-18H2,1H3. The van der Waals surface area contributed by atoms with E-state index in [-0.39, 0.29) is 0 Å². The van der Waals surface area contributed by atoms with Gasteiger partial charge in [-0.15, -0.1) is 0 Å². The molecule has 2 saturated heterocycles. The van der Waals surface area contributed by atoms with Crippen LogP contribution in [0, 0.1) is 0 Å². The van der Waals surface area contributed by atoms with Gasteiger partial charge in [0.1, 0.15) is 0 Å². The number of aromatic nitrogens is 1. The Bertz CT molecular complexity index is 779. The summed E-state index contributed by atoms with van der Waals surface area (Å²) in [6.07, 6.45) is 6.38. The van der Waals surface area contributed by atoms with Crippen molar-refractivity contribution in [2.45, 2.75) is 25.3 Å². The van der Waals surface area contributed by atoms with E-state index < -0.39 is 0 Å². The van der Waals surface area contributed by atoms with E-state index in [0.717, 1.165) is 19.6 Å². The zero-order valence-corrected chi connectivity index (χ0v) is 16.4. The van der Waals surface area contributed by atoms with E-state index in [0.29, 0.717) is 6.04 Å². The first kappa shape index (κ1) is 17.1. The van der Waals surface area contributed by atoms with E-state index in [2.05, 4.69) is 74.0 Å². The Morgan fingerprint density at radius 2 is 1.59 bits per heavy atom. The highest BCUT2D eigenvalue weighted by Crippen LogP contribution is 2.40. The second-order valence-electron chi connectivity index (χ2n) is 8.20. The van der Waals surface area contributed by atoms with Crippen LogP contribution in [-0.2, 0) is 0 Å². The molecule has 0 saturated carbocycles. The second-order valence-corrected chi connectivity index (χ2v) is 8.20. The number of piperazine rings is 1. The molecule has 0 amide bonds. The summed E-state index contributed by atoms with van der Waals surface area (Å²) in [5, 5.41) is 2.29. The molecular weight excluding hydrogens is 334 g/mol. The van der Waals surface area contributed by atoms with Crippen molar-refractivity contribution >= 4 is 11.4 Å². The number of likely N-dealkylation sites (tertiary alicyclic amines) is 1. The van der Waals surface area contributed by atoms with Crippen LogP contribution in [0.2, 0.25) is 0 Å². The summed E-state index contributed by atoms with van der Waals surface area (Å²) in [5.41, 5.74) is 4.06. The van der Waals surface area contributed by atoms with Gasteiger partial charge in [0.2, 0.25) is 0 Å². The molecule has 5 rings (SSSR count). The Labute approximate surface area is 162 Å². The first-order valence-corrected chi connectivity index (χ1v) is 10.5. The SMILES string of the molecule is CN1c2ccccc2N2CCN(CCN3CCCCC3)CC2c2cccn21. The highest BCUT2D eigenvalue weighted by Gasteiger charge is 2.34. The third kappa shape index (κ3) is 3.13. The first-order valence-electron chi connectivity index (χ1n) is 10.5.